The zero-order chi connectivity index (χ0) is 31.1. The predicted octanol–water partition coefficient (Wildman–Crippen LogP) is 4.66. The molecule has 4 aromatic rings. The average Bonchev–Trinajstić information content (AvgIpc) is 3.34. The van der Waals surface area contributed by atoms with Crippen LogP contribution in [0.5, 0.6) is 23.0 Å². The number of nitrogens with zero attached hydrogens (tertiary/aromatic N) is 2. The third-order valence-electron chi connectivity index (χ3n) is 6.87. The molecule has 0 saturated carbocycles. The van der Waals surface area contributed by atoms with E-state index in [0.29, 0.717) is 57.7 Å². The molecule has 0 aliphatic carbocycles. The highest BCUT2D eigenvalue weighted by atomic mass is 32.1. The van der Waals surface area contributed by atoms with Gasteiger partial charge >= 0.3 is 5.97 Å². The van der Waals surface area contributed by atoms with Crippen LogP contribution in [0, 0.1) is 0 Å². The maximum absolute atomic E-state index is 13.9. The quantitative estimate of drug-likeness (QED) is 0.169. The van der Waals surface area contributed by atoms with Crippen molar-refractivity contribution in [3.8, 4) is 23.0 Å². The van der Waals surface area contributed by atoms with Gasteiger partial charge in [0.1, 0.15) is 24.7 Å². The van der Waals surface area contributed by atoms with Gasteiger partial charge in [-0.2, -0.15) is 0 Å². The summed E-state index contributed by atoms with van der Waals surface area (Å²) in [6, 6.07) is 21.7. The fourth-order valence-corrected chi connectivity index (χ4v) is 5.92. The number of aromatic nitrogens is 1. The summed E-state index contributed by atoms with van der Waals surface area (Å²) in [6.07, 6.45) is 1.79. The SMILES string of the molecule is CCOC(=O)C1=C(C)N=c2s/c(=C\c3ccc(OCCOc4ccccc4)c(OCC)c3)c(=O)n2[C@H]1c1ccc(OC)cc1. The van der Waals surface area contributed by atoms with Crippen molar-refractivity contribution < 1.29 is 28.5 Å². The van der Waals surface area contributed by atoms with Gasteiger partial charge in [-0.25, -0.2) is 9.79 Å². The first kappa shape index (κ1) is 30.6. The summed E-state index contributed by atoms with van der Waals surface area (Å²) in [4.78, 5) is 32.2. The van der Waals surface area contributed by atoms with E-state index in [-0.39, 0.29) is 12.2 Å². The Kier molecular flexibility index (Phi) is 9.81. The van der Waals surface area contributed by atoms with Crippen LogP contribution in [0.3, 0.4) is 0 Å². The van der Waals surface area contributed by atoms with E-state index in [9.17, 15) is 9.59 Å². The Morgan fingerprint density at radius 2 is 1.66 bits per heavy atom. The number of benzene rings is 3. The van der Waals surface area contributed by atoms with Gasteiger partial charge in [0, 0.05) is 0 Å². The number of fused-ring (bicyclic) bond motifs is 1. The van der Waals surface area contributed by atoms with Crippen molar-refractivity contribution in [3.05, 3.63) is 115 Å². The fraction of sp³-hybridized carbons (Fsp3) is 0.265. The van der Waals surface area contributed by atoms with Gasteiger partial charge in [-0.05, 0) is 74.4 Å². The van der Waals surface area contributed by atoms with Gasteiger partial charge in [0.2, 0.25) is 0 Å². The van der Waals surface area contributed by atoms with Crippen molar-refractivity contribution in [2.75, 3.05) is 33.5 Å². The normalized spacial score (nSPS) is 14.5. The third-order valence-corrected chi connectivity index (χ3v) is 7.85. The topological polar surface area (TPSA) is 97.6 Å². The largest absolute Gasteiger partial charge is 0.497 e. The Morgan fingerprint density at radius 3 is 2.36 bits per heavy atom. The molecule has 10 heteroatoms. The number of allylic oxidation sites excluding steroid dienone is 1. The summed E-state index contributed by atoms with van der Waals surface area (Å²) >= 11 is 1.26. The van der Waals surface area contributed by atoms with Gasteiger partial charge in [0.05, 0.1) is 42.2 Å². The van der Waals surface area contributed by atoms with Crippen molar-refractivity contribution in [2.45, 2.75) is 26.8 Å². The van der Waals surface area contributed by atoms with Gasteiger partial charge in [0.25, 0.3) is 5.56 Å². The lowest BCUT2D eigenvalue weighted by Gasteiger charge is -2.24. The minimum absolute atomic E-state index is 0.206. The van der Waals surface area contributed by atoms with E-state index in [2.05, 4.69) is 4.99 Å². The second kappa shape index (κ2) is 14.1. The fourth-order valence-electron chi connectivity index (χ4n) is 4.87. The summed E-state index contributed by atoms with van der Waals surface area (Å²) in [5.41, 5.74) is 2.07. The lowest BCUT2D eigenvalue weighted by Crippen LogP contribution is -2.39. The Balaban J connectivity index is 1.47. The molecule has 9 nitrogen and oxygen atoms in total. The van der Waals surface area contributed by atoms with Gasteiger partial charge in [-0.15, -0.1) is 0 Å². The molecule has 0 bridgehead atoms. The molecule has 1 aromatic heterocycles. The Morgan fingerprint density at radius 1 is 0.909 bits per heavy atom. The van der Waals surface area contributed by atoms with Crippen LogP contribution in [0.4, 0.5) is 0 Å². The molecule has 1 aliphatic heterocycles. The van der Waals surface area contributed by atoms with E-state index in [1.807, 2.05) is 67.6 Å². The number of thiazole rings is 1. The van der Waals surface area contributed by atoms with E-state index in [1.165, 1.54) is 11.3 Å². The lowest BCUT2D eigenvalue weighted by molar-refractivity contribution is -0.139. The Bertz CT molecular complexity index is 1830. The standard InChI is InChI=1S/C34H34N2O7S/c1-5-40-28-20-23(12-17-27(28)43-19-18-42-26-10-8-7-9-11-26)21-29-32(37)36-31(24-13-15-25(39-4)16-14-24)30(33(38)41-6-2)22(3)35-34(36)44-29/h7-17,20-21,31H,5-6,18-19H2,1-4H3/b29-21-/t31-/m0/s1. The smallest absolute Gasteiger partial charge is 0.338 e. The Labute approximate surface area is 259 Å². The first-order valence-corrected chi connectivity index (χ1v) is 15.2. The number of carbonyl (C=O) groups excluding carboxylic acids is 1. The third kappa shape index (κ3) is 6.70. The molecular formula is C34H34N2O7S. The minimum atomic E-state index is -0.703. The molecule has 44 heavy (non-hydrogen) atoms. The molecular weight excluding hydrogens is 580 g/mol. The second-order valence-electron chi connectivity index (χ2n) is 9.72. The zero-order valence-corrected chi connectivity index (χ0v) is 25.9. The molecule has 0 spiro atoms. The van der Waals surface area contributed by atoms with Crippen LogP contribution in [-0.4, -0.2) is 44.1 Å². The van der Waals surface area contributed by atoms with Crippen LogP contribution in [0.1, 0.15) is 37.9 Å². The highest BCUT2D eigenvalue weighted by Gasteiger charge is 2.33. The predicted molar refractivity (Wildman–Crippen MR) is 168 cm³/mol. The lowest BCUT2D eigenvalue weighted by atomic mass is 9.96. The van der Waals surface area contributed by atoms with Crippen LogP contribution in [0.15, 0.2) is 93.9 Å². The number of hydrogen-bond donors (Lipinski definition) is 0. The number of esters is 1. The minimum Gasteiger partial charge on any atom is -0.497 e. The molecule has 3 aromatic carbocycles. The zero-order valence-electron chi connectivity index (χ0n) is 25.1. The van der Waals surface area contributed by atoms with Crippen LogP contribution in [0.25, 0.3) is 6.08 Å². The maximum Gasteiger partial charge on any atom is 0.338 e. The maximum atomic E-state index is 13.9. The van der Waals surface area contributed by atoms with Crippen molar-refractivity contribution >= 4 is 23.4 Å². The molecule has 0 radical (unpaired) electrons. The molecule has 5 rings (SSSR count). The van der Waals surface area contributed by atoms with Gasteiger partial charge in [-0.3, -0.25) is 9.36 Å². The van der Waals surface area contributed by atoms with Gasteiger partial charge < -0.3 is 23.7 Å². The van der Waals surface area contributed by atoms with Crippen LogP contribution in [-0.2, 0) is 9.53 Å². The molecule has 1 aliphatic rings. The molecule has 0 unspecified atom stereocenters. The van der Waals surface area contributed by atoms with Crippen LogP contribution in [0.2, 0.25) is 0 Å². The number of methoxy groups -OCH3 is 1. The van der Waals surface area contributed by atoms with Crippen molar-refractivity contribution in [3.63, 3.8) is 0 Å². The Hall–Kier alpha value is -4.83. The number of hydrogen-bond acceptors (Lipinski definition) is 9. The summed E-state index contributed by atoms with van der Waals surface area (Å²) in [5.74, 6) is 2.08. The van der Waals surface area contributed by atoms with E-state index in [0.717, 1.165) is 16.9 Å². The summed E-state index contributed by atoms with van der Waals surface area (Å²) in [6.45, 7) is 6.77. The van der Waals surface area contributed by atoms with Gasteiger partial charge in [0.15, 0.2) is 16.3 Å². The van der Waals surface area contributed by atoms with Crippen LogP contribution >= 0.6 is 11.3 Å². The highest BCUT2D eigenvalue weighted by Crippen LogP contribution is 2.32. The number of ether oxygens (including phenoxy) is 5. The molecule has 0 N–H and O–H groups in total. The average molecular weight is 615 g/mol. The van der Waals surface area contributed by atoms with Gasteiger partial charge in [-0.1, -0.05) is 47.7 Å². The van der Waals surface area contributed by atoms with E-state index >= 15 is 0 Å². The number of carbonyl (C=O) groups is 1. The molecule has 228 valence electrons. The molecule has 0 fully saturated rings. The summed E-state index contributed by atoms with van der Waals surface area (Å²) in [5, 5.41) is 0. The highest BCUT2D eigenvalue weighted by molar-refractivity contribution is 7.07. The van der Waals surface area contributed by atoms with E-state index < -0.39 is 12.0 Å². The monoisotopic (exact) mass is 614 g/mol. The summed E-state index contributed by atoms with van der Waals surface area (Å²) < 4.78 is 30.3. The van der Waals surface area contributed by atoms with Crippen molar-refractivity contribution in [1.29, 1.82) is 0 Å². The number of para-hydroxylation sites is 1. The molecule has 1 atom stereocenters. The first-order valence-electron chi connectivity index (χ1n) is 14.3. The van der Waals surface area contributed by atoms with E-state index in [1.54, 1.807) is 43.7 Å². The van der Waals surface area contributed by atoms with Crippen LogP contribution < -0.4 is 33.8 Å². The summed E-state index contributed by atoms with van der Waals surface area (Å²) in [7, 11) is 1.59. The van der Waals surface area contributed by atoms with Crippen molar-refractivity contribution in [1.82, 2.24) is 4.57 Å². The second-order valence-corrected chi connectivity index (χ2v) is 10.7. The number of rotatable bonds is 12. The molecule has 0 amide bonds. The first-order chi connectivity index (χ1) is 21.4. The van der Waals surface area contributed by atoms with E-state index in [4.69, 9.17) is 23.7 Å². The molecule has 0 saturated heterocycles. The molecule has 2 heterocycles. The van der Waals surface area contributed by atoms with Crippen molar-refractivity contribution in [2.24, 2.45) is 4.99 Å².